The number of rotatable bonds is 8. The number of aliphatic imine (C=N–C) groups is 1. The highest BCUT2D eigenvalue weighted by Crippen LogP contribution is 2.25. The summed E-state index contributed by atoms with van der Waals surface area (Å²) < 4.78 is 27.0. The van der Waals surface area contributed by atoms with Gasteiger partial charge in [-0.1, -0.05) is 12.8 Å². The molecule has 3 aliphatic rings. The molecule has 2 N–H and O–H groups in total. The summed E-state index contributed by atoms with van der Waals surface area (Å²) in [5, 5.41) is 3.25. The fourth-order valence-corrected chi connectivity index (χ4v) is 5.33. The number of hydrogen-bond donors (Lipinski definition) is 2. The van der Waals surface area contributed by atoms with Gasteiger partial charge in [0.15, 0.2) is 5.96 Å². The molecule has 164 valence electrons. The van der Waals surface area contributed by atoms with E-state index in [0.29, 0.717) is 24.9 Å². The van der Waals surface area contributed by atoms with Crippen LogP contribution >= 0.6 is 24.0 Å². The molecule has 28 heavy (non-hydrogen) atoms. The molecular formula is C19H38IN5O2S. The predicted octanol–water partition coefficient (Wildman–Crippen LogP) is 1.71. The molecule has 9 heteroatoms. The highest BCUT2D eigenvalue weighted by molar-refractivity contribution is 14.0. The Kier molecular flexibility index (Phi) is 10.3. The topological polar surface area (TPSA) is 77.0 Å². The first-order valence-corrected chi connectivity index (χ1v) is 12.4. The van der Waals surface area contributed by atoms with E-state index >= 15 is 0 Å². The molecule has 2 heterocycles. The first-order valence-electron chi connectivity index (χ1n) is 10.7. The maximum Gasteiger partial charge on any atom is 0.213 e. The van der Waals surface area contributed by atoms with Crippen molar-refractivity contribution in [2.45, 2.75) is 44.9 Å². The lowest BCUT2D eigenvalue weighted by atomic mass is 9.86. The van der Waals surface area contributed by atoms with E-state index in [-0.39, 0.29) is 29.7 Å². The fraction of sp³-hybridized carbons (Fsp3) is 0.947. The molecule has 2 saturated heterocycles. The second-order valence-corrected chi connectivity index (χ2v) is 10.3. The van der Waals surface area contributed by atoms with Crippen LogP contribution in [-0.4, -0.2) is 82.8 Å². The second kappa shape index (κ2) is 11.9. The molecule has 1 saturated carbocycles. The predicted molar refractivity (Wildman–Crippen MR) is 126 cm³/mol. The van der Waals surface area contributed by atoms with Crippen molar-refractivity contribution in [3.8, 4) is 0 Å². The highest BCUT2D eigenvalue weighted by Gasteiger charge is 2.27. The molecule has 0 aromatic heterocycles. The summed E-state index contributed by atoms with van der Waals surface area (Å²) in [4.78, 5) is 9.26. The molecular weight excluding hydrogens is 489 g/mol. The van der Waals surface area contributed by atoms with Gasteiger partial charge in [-0.25, -0.2) is 13.1 Å². The lowest BCUT2D eigenvalue weighted by Crippen LogP contribution is -2.44. The number of halogens is 1. The summed E-state index contributed by atoms with van der Waals surface area (Å²) in [5.41, 5.74) is 0. The molecule has 3 rings (SSSR count). The molecule has 1 unspecified atom stereocenters. The molecule has 0 bridgehead atoms. The normalized spacial score (nSPS) is 24.7. The zero-order valence-corrected chi connectivity index (χ0v) is 20.4. The summed E-state index contributed by atoms with van der Waals surface area (Å²) in [6.45, 7) is 6.70. The van der Waals surface area contributed by atoms with Crippen molar-refractivity contribution in [3.05, 3.63) is 0 Å². The quantitative estimate of drug-likeness (QED) is 0.286. The van der Waals surface area contributed by atoms with Crippen LogP contribution in [0.4, 0.5) is 0 Å². The van der Waals surface area contributed by atoms with Crippen LogP contribution in [0, 0.1) is 11.8 Å². The lowest BCUT2D eigenvalue weighted by molar-refractivity contribution is 0.198. The first kappa shape index (κ1) is 24.1. The van der Waals surface area contributed by atoms with E-state index in [0.717, 1.165) is 31.9 Å². The average molecular weight is 528 g/mol. The highest BCUT2D eigenvalue weighted by atomic mass is 127. The van der Waals surface area contributed by atoms with Gasteiger partial charge in [0.1, 0.15) is 0 Å². The number of guanidine groups is 1. The Hall–Kier alpha value is -0.130. The van der Waals surface area contributed by atoms with Crippen molar-refractivity contribution in [2.24, 2.45) is 16.8 Å². The summed E-state index contributed by atoms with van der Waals surface area (Å²) in [5.74, 6) is 2.17. The van der Waals surface area contributed by atoms with Gasteiger partial charge in [0, 0.05) is 39.8 Å². The van der Waals surface area contributed by atoms with E-state index < -0.39 is 10.0 Å². The Labute approximate surface area is 188 Å². The number of sulfonamides is 1. The van der Waals surface area contributed by atoms with Gasteiger partial charge in [-0.3, -0.25) is 4.99 Å². The average Bonchev–Trinajstić information content (AvgIpc) is 3.06. The van der Waals surface area contributed by atoms with Crippen LogP contribution in [0.1, 0.15) is 44.9 Å². The number of hydrogen-bond acceptors (Lipinski definition) is 4. The summed E-state index contributed by atoms with van der Waals surface area (Å²) in [6, 6.07) is 0. The monoisotopic (exact) mass is 527 g/mol. The van der Waals surface area contributed by atoms with Gasteiger partial charge in [-0.05, 0) is 57.0 Å². The maximum absolute atomic E-state index is 12.1. The minimum absolute atomic E-state index is 0. The molecule has 0 aromatic carbocycles. The van der Waals surface area contributed by atoms with E-state index in [1.54, 1.807) is 7.05 Å². The summed E-state index contributed by atoms with van der Waals surface area (Å²) in [7, 11) is -1.42. The van der Waals surface area contributed by atoms with Gasteiger partial charge in [0.25, 0.3) is 0 Å². The third kappa shape index (κ3) is 7.60. The van der Waals surface area contributed by atoms with Gasteiger partial charge >= 0.3 is 0 Å². The Bertz CT molecular complexity index is 591. The Morgan fingerprint density at radius 2 is 1.79 bits per heavy atom. The van der Waals surface area contributed by atoms with E-state index in [4.69, 9.17) is 0 Å². The molecule has 1 aliphatic carbocycles. The second-order valence-electron chi connectivity index (χ2n) is 8.40. The number of piperidine rings is 1. The van der Waals surface area contributed by atoms with Crippen LogP contribution in [-0.2, 0) is 10.0 Å². The minimum Gasteiger partial charge on any atom is -0.355 e. The van der Waals surface area contributed by atoms with Gasteiger partial charge in [-0.2, -0.15) is 0 Å². The van der Waals surface area contributed by atoms with Crippen LogP contribution in [0.5, 0.6) is 0 Å². The SMILES string of the molecule is CN=C(NCCS(=O)(=O)NCC1CCC1)N1CCC(CN2CCCCC2)C1.I. The number of nitrogens with zero attached hydrogens (tertiary/aromatic N) is 3. The van der Waals surface area contributed by atoms with Crippen molar-refractivity contribution in [2.75, 3.05) is 58.6 Å². The van der Waals surface area contributed by atoms with Gasteiger partial charge < -0.3 is 15.1 Å². The van der Waals surface area contributed by atoms with Gasteiger partial charge in [-0.15, -0.1) is 24.0 Å². The fourth-order valence-electron chi connectivity index (χ4n) is 4.32. The standard InChI is InChI=1S/C19H37N5O2S.HI/c1-20-19(21-9-13-27(25,26)22-14-17-6-5-7-17)24-12-8-18(16-24)15-23-10-3-2-4-11-23;/h17-18,22H,2-16H2,1H3,(H,20,21);1H. The van der Waals surface area contributed by atoms with Crippen LogP contribution < -0.4 is 10.0 Å². The van der Waals surface area contributed by atoms with E-state index in [2.05, 4.69) is 24.8 Å². The minimum atomic E-state index is -3.20. The molecule has 0 spiro atoms. The van der Waals surface area contributed by atoms with Crippen molar-refractivity contribution < 1.29 is 8.42 Å². The zero-order valence-electron chi connectivity index (χ0n) is 17.2. The zero-order chi connectivity index (χ0) is 19.1. The van der Waals surface area contributed by atoms with Crippen LogP contribution in [0.15, 0.2) is 4.99 Å². The van der Waals surface area contributed by atoms with Gasteiger partial charge in [0.2, 0.25) is 10.0 Å². The molecule has 7 nitrogen and oxygen atoms in total. The smallest absolute Gasteiger partial charge is 0.213 e. The van der Waals surface area contributed by atoms with Crippen molar-refractivity contribution in [1.29, 1.82) is 0 Å². The van der Waals surface area contributed by atoms with Crippen LogP contribution in [0.25, 0.3) is 0 Å². The maximum atomic E-state index is 12.1. The number of nitrogens with one attached hydrogen (secondary N) is 2. The Balaban J connectivity index is 0.00000280. The lowest BCUT2D eigenvalue weighted by Gasteiger charge is -2.29. The van der Waals surface area contributed by atoms with E-state index in [9.17, 15) is 8.42 Å². The Morgan fingerprint density at radius 3 is 2.43 bits per heavy atom. The van der Waals surface area contributed by atoms with Crippen LogP contribution in [0.2, 0.25) is 0 Å². The van der Waals surface area contributed by atoms with Crippen molar-refractivity contribution in [3.63, 3.8) is 0 Å². The summed E-state index contributed by atoms with van der Waals surface area (Å²) in [6.07, 6.45) is 8.79. The molecule has 0 amide bonds. The number of likely N-dealkylation sites (tertiary alicyclic amines) is 2. The molecule has 1 atom stereocenters. The van der Waals surface area contributed by atoms with Crippen molar-refractivity contribution >= 4 is 40.0 Å². The molecule has 0 radical (unpaired) electrons. The largest absolute Gasteiger partial charge is 0.355 e. The first-order chi connectivity index (χ1) is 13.1. The van der Waals surface area contributed by atoms with E-state index in [1.807, 2.05) is 0 Å². The summed E-state index contributed by atoms with van der Waals surface area (Å²) >= 11 is 0. The third-order valence-electron chi connectivity index (χ3n) is 6.23. The molecule has 2 aliphatic heterocycles. The van der Waals surface area contributed by atoms with E-state index in [1.165, 1.54) is 51.7 Å². The molecule has 0 aromatic rings. The van der Waals surface area contributed by atoms with Crippen molar-refractivity contribution in [1.82, 2.24) is 19.8 Å². The third-order valence-corrected chi connectivity index (χ3v) is 7.58. The Morgan fingerprint density at radius 1 is 1.04 bits per heavy atom. The van der Waals surface area contributed by atoms with Gasteiger partial charge in [0.05, 0.1) is 5.75 Å². The van der Waals surface area contributed by atoms with Crippen LogP contribution in [0.3, 0.4) is 0 Å². The molecule has 3 fully saturated rings.